The molecule has 0 unspecified atom stereocenters. The summed E-state index contributed by atoms with van der Waals surface area (Å²) in [6.07, 6.45) is 9.18. The van der Waals surface area contributed by atoms with E-state index in [0.717, 1.165) is 121 Å². The molecule has 71 heavy (non-hydrogen) atoms. The van der Waals surface area contributed by atoms with Crippen molar-refractivity contribution >= 4 is 69.7 Å². The summed E-state index contributed by atoms with van der Waals surface area (Å²) in [5.74, 6) is -3.07. The van der Waals surface area contributed by atoms with Crippen molar-refractivity contribution in [3.8, 4) is 0 Å². The number of rotatable bonds is 15. The molecule has 1 amide bonds. The average Bonchev–Trinajstić information content (AvgIpc) is 4.02. The van der Waals surface area contributed by atoms with Crippen molar-refractivity contribution < 1.29 is 94.6 Å². The molecule has 6 aromatic rings. The van der Waals surface area contributed by atoms with Gasteiger partial charge in [0.05, 0.1) is 60.4 Å². The second kappa shape index (κ2) is 28.8. The standard InChI is InChI=1S/C24H30N6O4.C16H25N5O.C8H7NO4.ClH.K/c1-4-18-16(13-25-23(31)19-7-6-8-20(28-19)24(32)33-3)21(27-15-9-11-34-12-10-15)17-14-26-30(5-2)22(17)29-18;1-3-14-12(9-17)15(19-11-5-7-22-8-6-11)13-10-18-21(4-2)16(13)20-14;1-13-8(12)6-4-2-3-5(9-6)7(10)11;;/h6-8,14-15H,4-5,9-13H2,1-3H3,(H,25,31)(H,27,29);10-11H,3-9,17H2,1-2H3,(H,19,20);2-4H,1H3,(H,10,11);1H;/q;;;;+1/p-1. The van der Waals surface area contributed by atoms with Gasteiger partial charge in [0, 0.05) is 87.2 Å². The van der Waals surface area contributed by atoms with Gasteiger partial charge in [0.25, 0.3) is 5.91 Å². The normalized spacial score (nSPS) is 13.6. The Morgan fingerprint density at radius 1 is 0.676 bits per heavy atom. The minimum absolute atomic E-state index is 0. The number of carbonyl (C=O) groups is 4. The zero-order chi connectivity index (χ0) is 49.5. The number of aryl methyl sites for hydroxylation is 4. The van der Waals surface area contributed by atoms with E-state index in [1.54, 1.807) is 12.1 Å². The van der Waals surface area contributed by atoms with Crippen LogP contribution < -0.4 is 78.2 Å². The third-order valence-corrected chi connectivity index (χ3v) is 11.7. The molecule has 0 atom stereocenters. The van der Waals surface area contributed by atoms with Gasteiger partial charge in [0.15, 0.2) is 11.3 Å². The number of anilines is 2. The Bertz CT molecular complexity index is 2740. The number of carboxylic acid groups (broad SMARTS) is 1. The first-order chi connectivity index (χ1) is 33.5. The summed E-state index contributed by atoms with van der Waals surface area (Å²) in [5, 5.41) is 31.7. The molecule has 8 rings (SSSR count). The number of nitrogens with one attached hydrogen (secondary N) is 3. The predicted molar refractivity (Wildman–Crippen MR) is 262 cm³/mol. The third-order valence-electron chi connectivity index (χ3n) is 11.7. The SMILES string of the molecule is CCc1nc2c(cnn2CC)c(NC2CCOCC2)c1CN.CCc1nc2c(cnn2CC)c(NC2CCOCC2)c1CNC(=O)c1cccc(C(=O)OC)n1.COC(=O)c1cccc(C(=O)[O-])n1.Cl.[K+]. The first-order valence-electron chi connectivity index (χ1n) is 23.2. The van der Waals surface area contributed by atoms with Crippen LogP contribution in [0.25, 0.3) is 22.1 Å². The largest absolute Gasteiger partial charge is 1.00 e. The fourth-order valence-corrected chi connectivity index (χ4v) is 8.04. The van der Waals surface area contributed by atoms with E-state index in [1.165, 1.54) is 38.5 Å². The summed E-state index contributed by atoms with van der Waals surface area (Å²) < 4.78 is 23.9. The van der Waals surface area contributed by atoms with E-state index in [-0.39, 0.29) is 105 Å². The number of pyridine rings is 4. The number of esters is 2. The number of aromatic nitrogens is 8. The van der Waals surface area contributed by atoms with Crippen LogP contribution in [0, 0.1) is 0 Å². The Kier molecular flexibility index (Phi) is 23.7. The molecule has 2 fully saturated rings. The molecule has 23 heteroatoms. The van der Waals surface area contributed by atoms with Gasteiger partial charge >= 0.3 is 63.3 Å². The molecular weight excluding hydrogens is 963 g/mol. The van der Waals surface area contributed by atoms with Crippen molar-refractivity contribution in [3.05, 3.63) is 94.1 Å². The van der Waals surface area contributed by atoms with Crippen LogP contribution in [-0.4, -0.2) is 116 Å². The van der Waals surface area contributed by atoms with Crippen LogP contribution in [0.15, 0.2) is 48.8 Å². The topological polar surface area (TPSA) is 278 Å². The molecule has 0 spiro atoms. The van der Waals surface area contributed by atoms with Gasteiger partial charge in [-0.1, -0.05) is 26.0 Å². The van der Waals surface area contributed by atoms with E-state index in [2.05, 4.69) is 54.7 Å². The minimum Gasteiger partial charge on any atom is -0.543 e. The number of carboxylic acids is 1. The summed E-state index contributed by atoms with van der Waals surface area (Å²) in [6.45, 7) is 13.7. The van der Waals surface area contributed by atoms with Gasteiger partial charge in [0.1, 0.15) is 17.1 Å². The van der Waals surface area contributed by atoms with Gasteiger partial charge in [-0.15, -0.1) is 12.4 Å². The monoisotopic (exact) mass is 1020 g/mol. The Hall–Kier alpha value is -5.17. The van der Waals surface area contributed by atoms with E-state index >= 15 is 0 Å². The Labute approximate surface area is 461 Å². The van der Waals surface area contributed by atoms with E-state index in [1.807, 2.05) is 35.6 Å². The first kappa shape index (κ1) is 58.4. The Balaban J connectivity index is 0.000000254. The number of fused-ring (bicyclic) bond motifs is 2. The molecule has 0 radical (unpaired) electrons. The maximum Gasteiger partial charge on any atom is 1.00 e. The quantitative estimate of drug-likeness (QED) is 0.0837. The van der Waals surface area contributed by atoms with E-state index in [4.69, 9.17) is 29.9 Å². The van der Waals surface area contributed by atoms with Gasteiger partial charge < -0.3 is 50.5 Å². The van der Waals surface area contributed by atoms with Crippen molar-refractivity contribution in [2.75, 3.05) is 51.3 Å². The van der Waals surface area contributed by atoms with Crippen LogP contribution in [-0.2, 0) is 58.0 Å². The molecule has 376 valence electrons. The van der Waals surface area contributed by atoms with E-state index in [9.17, 15) is 24.3 Å². The fourth-order valence-electron chi connectivity index (χ4n) is 8.04. The van der Waals surface area contributed by atoms with Crippen LogP contribution in [0.5, 0.6) is 0 Å². The van der Waals surface area contributed by atoms with Crippen molar-refractivity contribution in [1.29, 1.82) is 0 Å². The summed E-state index contributed by atoms with van der Waals surface area (Å²) in [6, 6.07) is 9.37. The summed E-state index contributed by atoms with van der Waals surface area (Å²) in [5.41, 5.74) is 13.8. The molecule has 2 aliphatic heterocycles. The van der Waals surface area contributed by atoms with Gasteiger partial charge in [0.2, 0.25) is 0 Å². The molecule has 8 heterocycles. The van der Waals surface area contributed by atoms with E-state index < -0.39 is 17.9 Å². The van der Waals surface area contributed by atoms with Crippen LogP contribution >= 0.6 is 12.4 Å². The predicted octanol–water partition coefficient (Wildman–Crippen LogP) is 1.44. The van der Waals surface area contributed by atoms with Crippen LogP contribution in [0.4, 0.5) is 11.4 Å². The number of halogens is 1. The number of carbonyl (C=O) groups excluding carboxylic acids is 4. The molecule has 5 N–H and O–H groups in total. The fraction of sp³-hybridized carbons (Fsp3) is 0.458. The summed E-state index contributed by atoms with van der Waals surface area (Å²) in [7, 11) is 2.47. The number of nitrogens with zero attached hydrogens (tertiary/aromatic N) is 8. The van der Waals surface area contributed by atoms with Gasteiger partial charge in [-0.25, -0.2) is 38.9 Å². The Morgan fingerprint density at radius 2 is 1.10 bits per heavy atom. The molecule has 6 aromatic heterocycles. The second-order valence-electron chi connectivity index (χ2n) is 16.0. The van der Waals surface area contributed by atoms with Gasteiger partial charge in [-0.2, -0.15) is 10.2 Å². The van der Waals surface area contributed by atoms with Crippen LogP contribution in [0.1, 0.15) is 118 Å². The third kappa shape index (κ3) is 14.7. The first-order valence-corrected chi connectivity index (χ1v) is 23.2. The molecule has 2 aliphatic rings. The molecule has 0 aromatic carbocycles. The molecule has 0 aliphatic carbocycles. The Morgan fingerprint density at radius 3 is 1.52 bits per heavy atom. The van der Waals surface area contributed by atoms with Crippen molar-refractivity contribution in [3.63, 3.8) is 0 Å². The van der Waals surface area contributed by atoms with Crippen molar-refractivity contribution in [2.24, 2.45) is 5.73 Å². The second-order valence-corrected chi connectivity index (χ2v) is 16.0. The molecule has 0 saturated carbocycles. The van der Waals surface area contributed by atoms with Gasteiger partial charge in [-0.05, 0) is 76.6 Å². The maximum atomic E-state index is 12.9. The zero-order valence-corrected chi connectivity index (χ0v) is 45.4. The van der Waals surface area contributed by atoms with Crippen molar-refractivity contribution in [2.45, 2.75) is 104 Å². The zero-order valence-electron chi connectivity index (χ0n) is 41.4. The number of aromatic carboxylic acids is 1. The number of nitrogens with two attached hydrogens (primary N) is 1. The number of hydrogen-bond acceptors (Lipinski definition) is 18. The summed E-state index contributed by atoms with van der Waals surface area (Å²) in [4.78, 5) is 63.2. The van der Waals surface area contributed by atoms with Crippen LogP contribution in [0.2, 0.25) is 0 Å². The summed E-state index contributed by atoms with van der Waals surface area (Å²) >= 11 is 0. The maximum absolute atomic E-state index is 12.9. The van der Waals surface area contributed by atoms with Crippen molar-refractivity contribution in [1.82, 2.24) is 44.8 Å². The molecule has 2 saturated heterocycles. The minimum atomic E-state index is -1.43. The smallest absolute Gasteiger partial charge is 0.543 e. The van der Waals surface area contributed by atoms with Crippen LogP contribution in [0.3, 0.4) is 0 Å². The number of hydrogen-bond donors (Lipinski definition) is 4. The molecule has 21 nitrogen and oxygen atoms in total. The number of methoxy groups -OCH3 is 2. The van der Waals surface area contributed by atoms with E-state index in [0.29, 0.717) is 25.6 Å². The molecule has 0 bridgehead atoms. The number of amides is 1. The average molecular weight is 1030 g/mol. The number of ether oxygens (including phenoxy) is 4. The molecular formula is C48H62ClKN12O9. The van der Waals surface area contributed by atoms with Gasteiger partial charge in [-0.3, -0.25) is 4.79 Å².